The van der Waals surface area contributed by atoms with Gasteiger partial charge in [-0.2, -0.15) is 0 Å². The summed E-state index contributed by atoms with van der Waals surface area (Å²) in [6, 6.07) is 0. The molecule has 0 spiro atoms. The number of rotatable bonds is 9. The van der Waals surface area contributed by atoms with Gasteiger partial charge in [-0.25, -0.2) is 4.98 Å². The minimum absolute atomic E-state index is 0.292. The second-order valence-electron chi connectivity index (χ2n) is 5.62. The fraction of sp³-hybridized carbons (Fsp3) is 0.786. The summed E-state index contributed by atoms with van der Waals surface area (Å²) in [5.41, 5.74) is 2.47. The van der Waals surface area contributed by atoms with Gasteiger partial charge in [0.2, 0.25) is 0 Å². The number of ether oxygens (including phenoxy) is 1. The molecule has 1 heterocycles. The Hall–Kier alpha value is -0.530. The van der Waals surface area contributed by atoms with Crippen LogP contribution in [0.1, 0.15) is 31.3 Å². The highest BCUT2D eigenvalue weighted by Gasteiger charge is 2.23. The van der Waals surface area contributed by atoms with Crippen molar-refractivity contribution in [2.24, 2.45) is 0 Å². The summed E-state index contributed by atoms with van der Waals surface area (Å²) in [5, 5.41) is 22.5. The number of aliphatic hydroxyl groups excluding tert-OH is 2. The molecule has 3 N–H and O–H groups in total. The van der Waals surface area contributed by atoms with Crippen LogP contribution >= 0.6 is 11.3 Å². The van der Waals surface area contributed by atoms with Crippen LogP contribution in [0.4, 0.5) is 0 Å². The molecule has 0 bridgehead atoms. The van der Waals surface area contributed by atoms with E-state index in [1.807, 2.05) is 26.3 Å². The molecule has 1 aromatic rings. The van der Waals surface area contributed by atoms with E-state index in [2.05, 4.69) is 10.3 Å². The predicted octanol–water partition coefficient (Wildman–Crippen LogP) is 1.12. The summed E-state index contributed by atoms with van der Waals surface area (Å²) in [7, 11) is 0. The van der Waals surface area contributed by atoms with E-state index in [-0.39, 0.29) is 0 Å². The Morgan fingerprint density at radius 1 is 1.45 bits per heavy atom. The first kappa shape index (κ1) is 17.5. The van der Waals surface area contributed by atoms with Gasteiger partial charge in [0.1, 0.15) is 0 Å². The SMILES string of the molecule is Cc1ncsc1CCOCC(O)CNC(C)(C)C(C)O. The van der Waals surface area contributed by atoms with E-state index >= 15 is 0 Å². The third-order valence-electron chi connectivity index (χ3n) is 3.47. The molecule has 1 aromatic heterocycles. The van der Waals surface area contributed by atoms with Crippen LogP contribution in [-0.4, -0.2) is 52.7 Å². The quantitative estimate of drug-likeness (QED) is 0.596. The van der Waals surface area contributed by atoms with Gasteiger partial charge in [-0.05, 0) is 27.7 Å². The number of hydrogen-bond acceptors (Lipinski definition) is 6. The van der Waals surface area contributed by atoms with Gasteiger partial charge < -0.3 is 20.3 Å². The maximum atomic E-state index is 9.83. The van der Waals surface area contributed by atoms with Crippen LogP contribution < -0.4 is 5.32 Å². The summed E-state index contributed by atoms with van der Waals surface area (Å²) in [5.74, 6) is 0. The van der Waals surface area contributed by atoms with E-state index in [1.165, 1.54) is 4.88 Å². The molecule has 0 aliphatic carbocycles. The Balaban J connectivity index is 2.14. The lowest BCUT2D eigenvalue weighted by atomic mass is 9.99. The largest absolute Gasteiger partial charge is 0.392 e. The normalized spacial score (nSPS) is 15.3. The summed E-state index contributed by atoms with van der Waals surface area (Å²) in [6.07, 6.45) is -0.226. The molecule has 0 fully saturated rings. The molecular weight excluding hydrogens is 276 g/mol. The second kappa shape index (κ2) is 8.05. The first-order valence-corrected chi connectivity index (χ1v) is 7.78. The highest BCUT2D eigenvalue weighted by atomic mass is 32.1. The average Bonchev–Trinajstić information content (AvgIpc) is 2.78. The number of nitrogens with zero attached hydrogens (tertiary/aromatic N) is 1. The van der Waals surface area contributed by atoms with Crippen LogP contribution in [0.3, 0.4) is 0 Å². The molecule has 20 heavy (non-hydrogen) atoms. The van der Waals surface area contributed by atoms with Crippen molar-refractivity contribution in [3.63, 3.8) is 0 Å². The molecule has 116 valence electrons. The average molecular weight is 302 g/mol. The molecule has 0 aromatic carbocycles. The smallest absolute Gasteiger partial charge is 0.0897 e. The monoisotopic (exact) mass is 302 g/mol. The zero-order chi connectivity index (χ0) is 15.2. The van der Waals surface area contributed by atoms with Gasteiger partial charge in [-0.3, -0.25) is 0 Å². The molecule has 1 rings (SSSR count). The van der Waals surface area contributed by atoms with Gasteiger partial charge in [0.15, 0.2) is 0 Å². The van der Waals surface area contributed by atoms with Gasteiger partial charge in [0.05, 0.1) is 36.6 Å². The lowest BCUT2D eigenvalue weighted by molar-refractivity contribution is 0.0259. The van der Waals surface area contributed by atoms with Crippen molar-refractivity contribution >= 4 is 11.3 Å². The van der Waals surface area contributed by atoms with Gasteiger partial charge in [0.25, 0.3) is 0 Å². The third-order valence-corrected chi connectivity index (χ3v) is 4.46. The first-order valence-electron chi connectivity index (χ1n) is 6.91. The molecule has 0 radical (unpaired) electrons. The molecule has 0 saturated heterocycles. The van der Waals surface area contributed by atoms with Gasteiger partial charge >= 0.3 is 0 Å². The number of β-amino-alcohol motifs (C(OH)–C–C–N with tert-alkyl or cyclic N) is 1. The molecule has 0 saturated carbocycles. The Labute approximate surface area is 125 Å². The number of aliphatic hydroxyl groups is 2. The molecule has 6 heteroatoms. The number of thiazole rings is 1. The summed E-state index contributed by atoms with van der Waals surface area (Å²) in [6.45, 7) is 8.80. The molecule has 2 unspecified atom stereocenters. The zero-order valence-electron chi connectivity index (χ0n) is 12.7. The minimum atomic E-state index is -0.574. The van der Waals surface area contributed by atoms with Crippen molar-refractivity contribution in [2.45, 2.75) is 51.9 Å². The van der Waals surface area contributed by atoms with Crippen LogP contribution in [0.15, 0.2) is 5.51 Å². The van der Waals surface area contributed by atoms with Gasteiger partial charge in [0, 0.05) is 23.4 Å². The number of aryl methyl sites for hydroxylation is 1. The van der Waals surface area contributed by atoms with E-state index in [9.17, 15) is 10.2 Å². The van der Waals surface area contributed by atoms with Crippen LogP contribution in [0.5, 0.6) is 0 Å². The van der Waals surface area contributed by atoms with Crippen molar-refractivity contribution < 1.29 is 14.9 Å². The molecule has 0 amide bonds. The van der Waals surface area contributed by atoms with E-state index in [0.29, 0.717) is 19.8 Å². The van der Waals surface area contributed by atoms with Crippen LogP contribution in [0.25, 0.3) is 0 Å². The molecule has 2 atom stereocenters. The van der Waals surface area contributed by atoms with Crippen molar-refractivity contribution in [3.8, 4) is 0 Å². The lowest BCUT2D eigenvalue weighted by Gasteiger charge is -2.30. The molecule has 0 aliphatic rings. The molecular formula is C14H26N2O3S. The lowest BCUT2D eigenvalue weighted by Crippen LogP contribution is -2.51. The Kier molecular flexibility index (Phi) is 7.05. The fourth-order valence-corrected chi connectivity index (χ4v) is 2.30. The summed E-state index contributed by atoms with van der Waals surface area (Å²) < 4.78 is 5.48. The van der Waals surface area contributed by atoms with Crippen molar-refractivity contribution in [1.82, 2.24) is 10.3 Å². The standard InChI is InChI=1S/C14H26N2O3S/c1-10-13(20-9-15-10)5-6-19-8-12(18)7-16-14(3,4)11(2)17/h9,11-12,16-18H,5-8H2,1-4H3. The molecule has 0 aliphatic heterocycles. The highest BCUT2D eigenvalue weighted by Crippen LogP contribution is 2.12. The van der Waals surface area contributed by atoms with Crippen LogP contribution in [-0.2, 0) is 11.2 Å². The van der Waals surface area contributed by atoms with Gasteiger partial charge in [-0.15, -0.1) is 11.3 Å². The van der Waals surface area contributed by atoms with Crippen molar-refractivity contribution in [3.05, 3.63) is 16.1 Å². The summed E-state index contributed by atoms with van der Waals surface area (Å²) in [4.78, 5) is 5.41. The first-order chi connectivity index (χ1) is 9.33. The predicted molar refractivity (Wildman–Crippen MR) is 81.1 cm³/mol. The van der Waals surface area contributed by atoms with Crippen LogP contribution in [0, 0.1) is 6.92 Å². The van der Waals surface area contributed by atoms with Crippen LogP contribution in [0.2, 0.25) is 0 Å². The van der Waals surface area contributed by atoms with Crippen molar-refractivity contribution in [1.29, 1.82) is 0 Å². The fourth-order valence-electron chi connectivity index (χ4n) is 1.54. The Morgan fingerprint density at radius 3 is 2.70 bits per heavy atom. The minimum Gasteiger partial charge on any atom is -0.392 e. The highest BCUT2D eigenvalue weighted by molar-refractivity contribution is 7.09. The molecule has 5 nitrogen and oxygen atoms in total. The van der Waals surface area contributed by atoms with E-state index < -0.39 is 17.7 Å². The Bertz CT molecular complexity index is 394. The topological polar surface area (TPSA) is 74.6 Å². The van der Waals surface area contributed by atoms with Gasteiger partial charge in [-0.1, -0.05) is 0 Å². The number of aromatic nitrogens is 1. The zero-order valence-corrected chi connectivity index (χ0v) is 13.5. The maximum Gasteiger partial charge on any atom is 0.0897 e. The maximum absolute atomic E-state index is 9.83. The number of hydrogen-bond donors (Lipinski definition) is 3. The third kappa shape index (κ3) is 5.85. The van der Waals surface area contributed by atoms with E-state index in [1.54, 1.807) is 18.3 Å². The second-order valence-corrected chi connectivity index (χ2v) is 6.56. The number of nitrogens with one attached hydrogen (secondary N) is 1. The van der Waals surface area contributed by atoms with E-state index in [4.69, 9.17) is 4.74 Å². The van der Waals surface area contributed by atoms with Crippen molar-refractivity contribution in [2.75, 3.05) is 19.8 Å². The Morgan fingerprint density at radius 2 is 2.15 bits per heavy atom. The summed E-state index contributed by atoms with van der Waals surface area (Å²) >= 11 is 1.63. The van der Waals surface area contributed by atoms with E-state index in [0.717, 1.165) is 12.1 Å².